The third-order valence-electron chi connectivity index (χ3n) is 3.61. The van der Waals surface area contributed by atoms with Crippen molar-refractivity contribution in [2.45, 2.75) is 32.7 Å². The zero-order chi connectivity index (χ0) is 11.7. The van der Waals surface area contributed by atoms with E-state index in [2.05, 4.69) is 13.8 Å². The Morgan fingerprint density at radius 1 is 1.44 bits per heavy atom. The Hall–Kier alpha value is -1.32. The van der Waals surface area contributed by atoms with Crippen LogP contribution in [0.15, 0.2) is 18.7 Å². The summed E-state index contributed by atoms with van der Waals surface area (Å²) in [4.78, 5) is 14.2. The molecule has 1 saturated heterocycles. The van der Waals surface area contributed by atoms with Gasteiger partial charge in [-0.1, -0.05) is 6.92 Å². The van der Waals surface area contributed by atoms with Gasteiger partial charge in [-0.15, -0.1) is 0 Å². The van der Waals surface area contributed by atoms with E-state index in [1.54, 1.807) is 4.57 Å². The zero-order valence-electron chi connectivity index (χ0n) is 10.3. The van der Waals surface area contributed by atoms with E-state index in [1.807, 2.05) is 35.2 Å². The summed E-state index contributed by atoms with van der Waals surface area (Å²) in [5.74, 6) is 0.599. The van der Waals surface area contributed by atoms with Crippen molar-refractivity contribution in [1.82, 2.24) is 9.47 Å². The van der Waals surface area contributed by atoms with Crippen molar-refractivity contribution >= 4 is 6.03 Å². The van der Waals surface area contributed by atoms with Gasteiger partial charge in [0.05, 0.1) is 7.05 Å². The van der Waals surface area contributed by atoms with Gasteiger partial charge in [-0.05, 0) is 25.7 Å². The van der Waals surface area contributed by atoms with E-state index < -0.39 is 0 Å². The SMILES string of the molecule is CC1CCCN(C(=O)n2cc[n+](C)c2)C1C. The van der Waals surface area contributed by atoms with Crippen LogP contribution in [0.3, 0.4) is 0 Å². The van der Waals surface area contributed by atoms with Crippen molar-refractivity contribution in [3.8, 4) is 0 Å². The maximum Gasteiger partial charge on any atom is 0.416 e. The number of aryl methyl sites for hydroxylation is 1. The smallest absolute Gasteiger partial charge is 0.301 e. The number of hydrogen-bond donors (Lipinski definition) is 0. The molecule has 0 N–H and O–H groups in total. The van der Waals surface area contributed by atoms with E-state index in [0.717, 1.165) is 13.0 Å². The highest BCUT2D eigenvalue weighted by molar-refractivity contribution is 5.76. The molecule has 0 radical (unpaired) electrons. The number of likely N-dealkylation sites (tertiary alicyclic amines) is 1. The number of aromatic nitrogens is 2. The number of amides is 1. The molecule has 1 amide bonds. The van der Waals surface area contributed by atoms with Gasteiger partial charge in [0.25, 0.3) is 6.33 Å². The summed E-state index contributed by atoms with van der Waals surface area (Å²) in [7, 11) is 1.92. The summed E-state index contributed by atoms with van der Waals surface area (Å²) in [6.45, 7) is 5.25. The van der Waals surface area contributed by atoms with Crippen LogP contribution in [0.5, 0.6) is 0 Å². The van der Waals surface area contributed by atoms with Crippen molar-refractivity contribution in [3.05, 3.63) is 18.7 Å². The molecule has 0 spiro atoms. The maximum absolute atomic E-state index is 12.2. The molecular weight excluding hydrogens is 202 g/mol. The van der Waals surface area contributed by atoms with Crippen molar-refractivity contribution in [1.29, 1.82) is 0 Å². The van der Waals surface area contributed by atoms with Gasteiger partial charge in [-0.3, -0.25) is 0 Å². The third-order valence-corrected chi connectivity index (χ3v) is 3.61. The van der Waals surface area contributed by atoms with Crippen molar-refractivity contribution in [3.63, 3.8) is 0 Å². The minimum Gasteiger partial charge on any atom is -0.301 e. The number of hydrogen-bond acceptors (Lipinski definition) is 1. The van der Waals surface area contributed by atoms with E-state index in [4.69, 9.17) is 0 Å². The maximum atomic E-state index is 12.2. The summed E-state index contributed by atoms with van der Waals surface area (Å²) < 4.78 is 3.55. The fraction of sp³-hybridized carbons (Fsp3) is 0.667. The fourth-order valence-electron chi connectivity index (χ4n) is 2.32. The number of rotatable bonds is 0. The molecule has 2 rings (SSSR count). The lowest BCUT2D eigenvalue weighted by Crippen LogP contribution is -2.47. The molecule has 1 aromatic heterocycles. The van der Waals surface area contributed by atoms with Crippen LogP contribution < -0.4 is 4.57 Å². The minimum absolute atomic E-state index is 0.0969. The highest BCUT2D eigenvalue weighted by Crippen LogP contribution is 2.23. The quantitative estimate of drug-likeness (QED) is 0.610. The molecule has 4 nitrogen and oxygen atoms in total. The monoisotopic (exact) mass is 222 g/mol. The Morgan fingerprint density at radius 3 is 2.81 bits per heavy atom. The van der Waals surface area contributed by atoms with Crippen LogP contribution in [0.1, 0.15) is 26.7 Å². The van der Waals surface area contributed by atoms with Gasteiger partial charge in [-0.2, -0.15) is 4.57 Å². The molecule has 1 aliphatic heterocycles. The van der Waals surface area contributed by atoms with Gasteiger partial charge < -0.3 is 4.90 Å². The standard InChI is InChI=1S/C12H20N3O/c1-10-5-4-6-15(11(10)2)12(16)14-8-7-13(3)9-14/h7-11H,4-6H2,1-3H3/q+1. The van der Waals surface area contributed by atoms with Crippen LogP contribution in [0.2, 0.25) is 0 Å². The highest BCUT2D eigenvalue weighted by Gasteiger charge is 2.31. The summed E-state index contributed by atoms with van der Waals surface area (Å²) in [5, 5.41) is 0. The second-order valence-corrected chi connectivity index (χ2v) is 4.82. The predicted octanol–water partition coefficient (Wildman–Crippen LogP) is 1.40. The van der Waals surface area contributed by atoms with Crippen LogP contribution >= 0.6 is 0 Å². The molecule has 2 unspecified atom stereocenters. The van der Waals surface area contributed by atoms with Gasteiger partial charge in [0.15, 0.2) is 0 Å². The van der Waals surface area contributed by atoms with Crippen LogP contribution in [-0.4, -0.2) is 28.1 Å². The average Bonchev–Trinajstić information content (AvgIpc) is 2.68. The molecule has 0 aromatic carbocycles. The minimum atomic E-state index is 0.0969. The molecule has 0 bridgehead atoms. The normalized spacial score (nSPS) is 25.8. The molecule has 1 fully saturated rings. The molecule has 2 atom stereocenters. The van der Waals surface area contributed by atoms with Crippen LogP contribution in [-0.2, 0) is 7.05 Å². The molecule has 88 valence electrons. The molecule has 2 heterocycles. The summed E-state index contributed by atoms with van der Waals surface area (Å²) in [6, 6.07) is 0.439. The largest absolute Gasteiger partial charge is 0.416 e. The fourth-order valence-corrected chi connectivity index (χ4v) is 2.32. The lowest BCUT2D eigenvalue weighted by Gasteiger charge is -2.36. The first-order chi connectivity index (χ1) is 7.59. The van der Waals surface area contributed by atoms with Crippen molar-refractivity contribution < 1.29 is 9.36 Å². The Morgan fingerprint density at radius 2 is 2.19 bits per heavy atom. The number of piperidine rings is 1. The lowest BCUT2D eigenvalue weighted by molar-refractivity contribution is -0.670. The van der Waals surface area contributed by atoms with E-state index >= 15 is 0 Å². The van der Waals surface area contributed by atoms with Crippen molar-refractivity contribution in [2.24, 2.45) is 13.0 Å². The van der Waals surface area contributed by atoms with Gasteiger partial charge in [0, 0.05) is 12.6 Å². The van der Waals surface area contributed by atoms with E-state index in [-0.39, 0.29) is 6.03 Å². The summed E-state index contributed by atoms with van der Waals surface area (Å²) >= 11 is 0. The van der Waals surface area contributed by atoms with Gasteiger partial charge in [0.1, 0.15) is 12.4 Å². The highest BCUT2D eigenvalue weighted by atomic mass is 16.2. The number of carbonyl (C=O) groups excluding carboxylic acids is 1. The van der Waals surface area contributed by atoms with Gasteiger partial charge >= 0.3 is 6.03 Å². The zero-order valence-corrected chi connectivity index (χ0v) is 10.3. The van der Waals surface area contributed by atoms with Gasteiger partial charge in [-0.25, -0.2) is 9.36 Å². The number of imidazole rings is 1. The Balaban J connectivity index is 2.15. The van der Waals surface area contributed by atoms with E-state index in [0.29, 0.717) is 12.0 Å². The molecule has 1 aromatic rings. The summed E-state index contributed by atoms with van der Waals surface area (Å²) in [6.07, 6.45) is 7.85. The van der Waals surface area contributed by atoms with E-state index in [9.17, 15) is 4.79 Å². The molecule has 1 aliphatic rings. The molecule has 4 heteroatoms. The second-order valence-electron chi connectivity index (χ2n) is 4.82. The van der Waals surface area contributed by atoms with Gasteiger partial charge in [0.2, 0.25) is 0 Å². The molecule has 16 heavy (non-hydrogen) atoms. The van der Waals surface area contributed by atoms with Crippen LogP contribution in [0, 0.1) is 5.92 Å². The second kappa shape index (κ2) is 4.28. The topological polar surface area (TPSA) is 29.1 Å². The lowest BCUT2D eigenvalue weighted by atomic mass is 9.92. The Kier molecular flexibility index (Phi) is 2.99. The first-order valence-corrected chi connectivity index (χ1v) is 5.94. The molecule has 0 saturated carbocycles. The number of nitrogens with zero attached hydrogens (tertiary/aromatic N) is 3. The third kappa shape index (κ3) is 1.96. The first kappa shape index (κ1) is 11.2. The van der Waals surface area contributed by atoms with Crippen LogP contribution in [0.4, 0.5) is 4.79 Å². The predicted molar refractivity (Wildman–Crippen MR) is 61.0 cm³/mol. The van der Waals surface area contributed by atoms with Crippen molar-refractivity contribution in [2.75, 3.05) is 6.54 Å². The Bertz CT molecular complexity index is 385. The summed E-state index contributed by atoms with van der Waals surface area (Å²) in [5.41, 5.74) is 0. The first-order valence-electron chi connectivity index (χ1n) is 5.94. The van der Waals surface area contributed by atoms with E-state index in [1.165, 1.54) is 6.42 Å². The number of carbonyl (C=O) groups is 1. The van der Waals surface area contributed by atoms with Crippen LogP contribution in [0.25, 0.3) is 0 Å². The molecule has 0 aliphatic carbocycles. The Labute approximate surface area is 96.5 Å². The molecular formula is C12H20N3O+. The average molecular weight is 222 g/mol.